The smallest absolute Gasteiger partial charge is 0.279 e. The molecule has 0 amide bonds. The number of aliphatic hydroxyl groups excluding tert-OH is 1. The molecular formula is C20H18ClF2N3O. The largest absolute Gasteiger partial charge is 0.396 e. The summed E-state index contributed by atoms with van der Waals surface area (Å²) in [6, 6.07) is 5.47. The lowest BCUT2D eigenvalue weighted by molar-refractivity contribution is 0.141. The summed E-state index contributed by atoms with van der Waals surface area (Å²) in [7, 11) is 0. The molecule has 0 unspecified atom stereocenters. The first-order chi connectivity index (χ1) is 12.9. The molecule has 140 valence electrons. The van der Waals surface area contributed by atoms with Crippen molar-refractivity contribution in [3.05, 3.63) is 51.9 Å². The van der Waals surface area contributed by atoms with Crippen LogP contribution in [-0.2, 0) is 6.54 Å². The molecule has 4 nitrogen and oxygen atoms in total. The normalized spacial score (nSPS) is 11.3. The van der Waals surface area contributed by atoms with Crippen molar-refractivity contribution in [2.75, 3.05) is 6.61 Å². The monoisotopic (exact) mass is 389 g/mol. The van der Waals surface area contributed by atoms with Crippen molar-refractivity contribution in [3.8, 4) is 17.2 Å². The van der Waals surface area contributed by atoms with E-state index in [1.54, 1.807) is 32.2 Å². The third kappa shape index (κ3) is 3.29. The van der Waals surface area contributed by atoms with E-state index < -0.39 is 6.43 Å². The average molecular weight is 390 g/mol. The van der Waals surface area contributed by atoms with E-state index in [4.69, 9.17) is 11.6 Å². The van der Waals surface area contributed by atoms with Gasteiger partial charge in [-0.25, -0.2) is 8.78 Å². The topological polar surface area (TPSA) is 61.8 Å². The maximum absolute atomic E-state index is 14.1. The maximum atomic E-state index is 14.1. The lowest BCUT2D eigenvalue weighted by Crippen LogP contribution is -2.06. The molecular weight excluding hydrogens is 372 g/mol. The summed E-state index contributed by atoms with van der Waals surface area (Å²) >= 11 is 6.42. The van der Waals surface area contributed by atoms with Crippen molar-refractivity contribution >= 4 is 22.5 Å². The third-order valence-corrected chi connectivity index (χ3v) is 5.14. The standard InChI is InChI=1S/C20H18ClF2N3O/c1-11-6-16-14(7-13(11)8-24)17(15-10-25-9-12(2)18(15)21)19(20(22)23)26(16)4-3-5-27/h6-7,9-10,20,27H,3-5H2,1-2H3. The van der Waals surface area contributed by atoms with Gasteiger partial charge in [-0.15, -0.1) is 0 Å². The van der Waals surface area contributed by atoms with E-state index in [-0.39, 0.29) is 24.4 Å². The highest BCUT2D eigenvalue weighted by Gasteiger charge is 2.27. The zero-order valence-electron chi connectivity index (χ0n) is 14.9. The summed E-state index contributed by atoms with van der Waals surface area (Å²) in [6.45, 7) is 3.65. The Morgan fingerprint density at radius 3 is 2.63 bits per heavy atom. The van der Waals surface area contributed by atoms with Gasteiger partial charge in [0.25, 0.3) is 6.43 Å². The van der Waals surface area contributed by atoms with Crippen molar-refractivity contribution in [1.29, 1.82) is 5.26 Å². The number of aliphatic hydroxyl groups is 1. The van der Waals surface area contributed by atoms with E-state index in [1.165, 1.54) is 10.8 Å². The van der Waals surface area contributed by atoms with Gasteiger partial charge in [-0.1, -0.05) is 11.6 Å². The molecule has 0 saturated carbocycles. The van der Waals surface area contributed by atoms with Gasteiger partial charge in [0.15, 0.2) is 0 Å². The van der Waals surface area contributed by atoms with E-state index in [2.05, 4.69) is 11.1 Å². The number of pyridine rings is 1. The number of aromatic nitrogens is 2. The molecule has 0 fully saturated rings. The summed E-state index contributed by atoms with van der Waals surface area (Å²) < 4.78 is 29.8. The zero-order chi connectivity index (χ0) is 19.7. The number of halogens is 3. The Morgan fingerprint density at radius 1 is 1.26 bits per heavy atom. The first-order valence-corrected chi connectivity index (χ1v) is 8.84. The zero-order valence-corrected chi connectivity index (χ0v) is 15.7. The highest BCUT2D eigenvalue weighted by atomic mass is 35.5. The molecule has 1 N–H and O–H groups in total. The summed E-state index contributed by atoms with van der Waals surface area (Å²) in [6.07, 6.45) is 0.623. The van der Waals surface area contributed by atoms with Gasteiger partial charge in [0, 0.05) is 47.6 Å². The molecule has 0 radical (unpaired) electrons. The minimum absolute atomic E-state index is 0.111. The number of benzene rings is 1. The van der Waals surface area contributed by atoms with Gasteiger partial charge in [-0.3, -0.25) is 4.98 Å². The molecule has 27 heavy (non-hydrogen) atoms. The van der Waals surface area contributed by atoms with Gasteiger partial charge >= 0.3 is 0 Å². The lowest BCUT2D eigenvalue weighted by Gasteiger charge is -2.12. The van der Waals surface area contributed by atoms with Crippen LogP contribution in [0.4, 0.5) is 8.78 Å². The number of hydrogen-bond donors (Lipinski definition) is 1. The van der Waals surface area contributed by atoms with Crippen molar-refractivity contribution in [2.45, 2.75) is 33.2 Å². The third-order valence-electron chi connectivity index (χ3n) is 4.64. The highest BCUT2D eigenvalue weighted by molar-refractivity contribution is 6.34. The SMILES string of the molecule is Cc1cc2c(cc1C#N)c(-c1cncc(C)c1Cl)c(C(F)F)n2CCCO. The number of alkyl halides is 2. The molecule has 1 aromatic carbocycles. The number of fused-ring (bicyclic) bond motifs is 1. The van der Waals surface area contributed by atoms with E-state index >= 15 is 0 Å². The molecule has 0 saturated heterocycles. The predicted molar refractivity (Wildman–Crippen MR) is 101 cm³/mol. The van der Waals surface area contributed by atoms with Crippen molar-refractivity contribution in [3.63, 3.8) is 0 Å². The fourth-order valence-electron chi connectivity index (χ4n) is 3.34. The van der Waals surface area contributed by atoms with Crippen LogP contribution in [-0.4, -0.2) is 21.3 Å². The number of nitrogens with zero attached hydrogens (tertiary/aromatic N) is 3. The van der Waals surface area contributed by atoms with Crippen molar-refractivity contribution in [2.24, 2.45) is 0 Å². The average Bonchev–Trinajstić information content (AvgIpc) is 2.94. The Hall–Kier alpha value is -2.49. The Kier molecular flexibility index (Phi) is 5.45. The van der Waals surface area contributed by atoms with Crippen molar-refractivity contribution < 1.29 is 13.9 Å². The molecule has 0 aliphatic heterocycles. The molecule has 0 aliphatic carbocycles. The van der Waals surface area contributed by atoms with Crippen LogP contribution in [0.3, 0.4) is 0 Å². The Bertz CT molecular complexity index is 1050. The van der Waals surface area contributed by atoms with Gasteiger partial charge in [0.1, 0.15) is 0 Å². The van der Waals surface area contributed by atoms with E-state index in [1.807, 2.05) is 0 Å². The Balaban J connectivity index is 2.48. The second-order valence-corrected chi connectivity index (χ2v) is 6.78. The van der Waals surface area contributed by atoms with Crippen LogP contribution in [0.5, 0.6) is 0 Å². The van der Waals surface area contributed by atoms with Gasteiger partial charge in [-0.05, 0) is 43.5 Å². The van der Waals surface area contributed by atoms with Gasteiger partial charge < -0.3 is 9.67 Å². The van der Waals surface area contributed by atoms with Crippen LogP contribution in [0.15, 0.2) is 24.5 Å². The molecule has 7 heteroatoms. The number of nitriles is 1. The molecule has 2 heterocycles. The van der Waals surface area contributed by atoms with Crippen LogP contribution in [0.25, 0.3) is 22.0 Å². The Labute approximate surface area is 160 Å². The molecule has 2 aromatic heterocycles. The van der Waals surface area contributed by atoms with Gasteiger partial charge in [0.05, 0.1) is 22.3 Å². The molecule has 0 bridgehead atoms. The van der Waals surface area contributed by atoms with Crippen molar-refractivity contribution in [1.82, 2.24) is 9.55 Å². The van der Waals surface area contributed by atoms with E-state index in [0.717, 1.165) is 0 Å². The van der Waals surface area contributed by atoms with Crippen LogP contribution in [0, 0.1) is 25.2 Å². The van der Waals surface area contributed by atoms with Gasteiger partial charge in [0.2, 0.25) is 0 Å². The maximum Gasteiger partial charge on any atom is 0.279 e. The quantitative estimate of drug-likeness (QED) is 0.655. The van der Waals surface area contributed by atoms with E-state index in [0.29, 0.717) is 44.6 Å². The molecule has 0 aliphatic rings. The van der Waals surface area contributed by atoms with Crippen LogP contribution >= 0.6 is 11.6 Å². The summed E-state index contributed by atoms with van der Waals surface area (Å²) in [5.74, 6) is 0. The summed E-state index contributed by atoms with van der Waals surface area (Å²) in [5, 5.41) is 19.5. The number of hydrogen-bond acceptors (Lipinski definition) is 3. The molecule has 3 rings (SSSR count). The number of rotatable bonds is 5. The molecule has 0 spiro atoms. The summed E-state index contributed by atoms with van der Waals surface area (Å²) in [4.78, 5) is 4.12. The second-order valence-electron chi connectivity index (χ2n) is 6.40. The summed E-state index contributed by atoms with van der Waals surface area (Å²) in [5.41, 5.74) is 2.90. The molecule has 3 aromatic rings. The first kappa shape index (κ1) is 19.3. The lowest BCUT2D eigenvalue weighted by atomic mass is 9.99. The minimum atomic E-state index is -2.76. The number of aryl methyl sites for hydroxylation is 3. The fraction of sp³-hybridized carbons (Fsp3) is 0.300. The predicted octanol–water partition coefficient (Wildman–Crippen LogP) is 5.17. The Morgan fingerprint density at radius 2 is 2.00 bits per heavy atom. The van der Waals surface area contributed by atoms with Crippen LogP contribution in [0.1, 0.15) is 35.2 Å². The minimum Gasteiger partial charge on any atom is -0.396 e. The fourth-order valence-corrected chi connectivity index (χ4v) is 3.53. The highest BCUT2D eigenvalue weighted by Crippen LogP contribution is 2.43. The first-order valence-electron chi connectivity index (χ1n) is 8.47. The van der Waals surface area contributed by atoms with E-state index in [9.17, 15) is 19.1 Å². The molecule has 0 atom stereocenters. The second kappa shape index (κ2) is 7.63. The van der Waals surface area contributed by atoms with Crippen LogP contribution in [0.2, 0.25) is 5.02 Å². The van der Waals surface area contributed by atoms with Gasteiger partial charge in [-0.2, -0.15) is 5.26 Å². The van der Waals surface area contributed by atoms with Crippen LogP contribution < -0.4 is 0 Å².